The van der Waals surface area contributed by atoms with Crippen LogP contribution in [0, 0.1) is 0 Å². The Hall–Kier alpha value is -2.56. The zero-order valence-electron chi connectivity index (χ0n) is 11.1. The molecule has 2 rings (SSSR count). The molecule has 104 valence electrons. The number of carboxylic acid groups (broad SMARTS) is 1. The molecular weight excluding hydrogens is 258 g/mol. The molecule has 5 heteroatoms. The molecule has 1 aromatic heterocycles. The number of ether oxygens (including phenoxy) is 2. The number of benzene rings is 1. The van der Waals surface area contributed by atoms with Crippen LogP contribution in [0.1, 0.15) is 11.1 Å². The Morgan fingerprint density at radius 3 is 2.70 bits per heavy atom. The molecule has 0 unspecified atom stereocenters. The number of rotatable bonds is 6. The van der Waals surface area contributed by atoms with E-state index in [1.807, 2.05) is 6.07 Å². The molecule has 0 atom stereocenters. The number of aliphatic carboxylic acids is 1. The van der Waals surface area contributed by atoms with Gasteiger partial charge in [0.2, 0.25) is 5.88 Å². The summed E-state index contributed by atoms with van der Waals surface area (Å²) in [5.41, 5.74) is 1.45. The van der Waals surface area contributed by atoms with E-state index in [0.717, 1.165) is 5.56 Å². The minimum Gasteiger partial charge on any atom is -0.488 e. The van der Waals surface area contributed by atoms with Crippen molar-refractivity contribution in [3.63, 3.8) is 0 Å². The van der Waals surface area contributed by atoms with Crippen LogP contribution in [0.5, 0.6) is 11.6 Å². The monoisotopic (exact) mass is 273 g/mol. The highest BCUT2D eigenvalue weighted by Gasteiger charge is 2.09. The molecule has 0 aliphatic heterocycles. The van der Waals surface area contributed by atoms with Gasteiger partial charge in [0.05, 0.1) is 19.1 Å². The number of pyridine rings is 1. The normalized spacial score (nSPS) is 10.1. The van der Waals surface area contributed by atoms with Crippen molar-refractivity contribution in [1.29, 1.82) is 0 Å². The van der Waals surface area contributed by atoms with Crippen LogP contribution in [0.2, 0.25) is 0 Å². The molecule has 20 heavy (non-hydrogen) atoms. The average Bonchev–Trinajstić information content (AvgIpc) is 2.46. The number of para-hydroxylation sites is 1. The van der Waals surface area contributed by atoms with Gasteiger partial charge < -0.3 is 14.6 Å². The Morgan fingerprint density at radius 1 is 1.20 bits per heavy atom. The Morgan fingerprint density at radius 2 is 1.95 bits per heavy atom. The van der Waals surface area contributed by atoms with Gasteiger partial charge in [-0.15, -0.1) is 0 Å². The highest BCUT2D eigenvalue weighted by atomic mass is 16.5. The van der Waals surface area contributed by atoms with Crippen LogP contribution in [0.25, 0.3) is 0 Å². The standard InChI is InChI=1S/C15H15NO4/c1-19-15-12(6-4-8-16-15)10-20-13-7-3-2-5-11(13)9-14(17)18/h2-8H,9-10H2,1H3,(H,17,18). The lowest BCUT2D eigenvalue weighted by Crippen LogP contribution is -2.05. The molecule has 2 aromatic rings. The largest absolute Gasteiger partial charge is 0.488 e. The fraction of sp³-hybridized carbons (Fsp3) is 0.200. The summed E-state index contributed by atoms with van der Waals surface area (Å²) < 4.78 is 10.8. The van der Waals surface area contributed by atoms with E-state index in [1.54, 1.807) is 43.6 Å². The quantitative estimate of drug-likeness (QED) is 0.874. The molecule has 0 spiro atoms. The number of methoxy groups -OCH3 is 1. The van der Waals surface area contributed by atoms with Crippen LogP contribution < -0.4 is 9.47 Å². The molecule has 0 saturated heterocycles. The maximum atomic E-state index is 10.8. The van der Waals surface area contributed by atoms with Gasteiger partial charge in [0.1, 0.15) is 12.4 Å². The molecule has 1 heterocycles. The Bertz CT molecular complexity index is 598. The highest BCUT2D eigenvalue weighted by molar-refractivity contribution is 5.71. The van der Waals surface area contributed by atoms with Crippen molar-refractivity contribution in [2.75, 3.05) is 7.11 Å². The van der Waals surface area contributed by atoms with Gasteiger partial charge in [0, 0.05) is 11.8 Å². The van der Waals surface area contributed by atoms with E-state index in [0.29, 0.717) is 17.2 Å². The topological polar surface area (TPSA) is 68.7 Å². The summed E-state index contributed by atoms with van der Waals surface area (Å²) in [4.78, 5) is 14.9. The first-order valence-electron chi connectivity index (χ1n) is 6.11. The third kappa shape index (κ3) is 3.47. The summed E-state index contributed by atoms with van der Waals surface area (Å²) in [6, 6.07) is 10.7. The molecule has 0 saturated carbocycles. The van der Waals surface area contributed by atoms with Crippen LogP contribution in [0.15, 0.2) is 42.6 Å². The molecule has 1 aromatic carbocycles. The minimum absolute atomic E-state index is 0.0691. The van der Waals surface area contributed by atoms with Crippen LogP contribution in [0.4, 0.5) is 0 Å². The van der Waals surface area contributed by atoms with Gasteiger partial charge in [-0.2, -0.15) is 0 Å². The molecule has 0 amide bonds. The van der Waals surface area contributed by atoms with Gasteiger partial charge in [-0.3, -0.25) is 4.79 Å². The lowest BCUT2D eigenvalue weighted by molar-refractivity contribution is -0.136. The van der Waals surface area contributed by atoms with Crippen molar-refractivity contribution in [3.8, 4) is 11.6 Å². The molecule has 1 N–H and O–H groups in total. The summed E-state index contributed by atoms with van der Waals surface area (Å²) in [6.07, 6.45) is 1.57. The fourth-order valence-corrected chi connectivity index (χ4v) is 1.83. The number of hydrogen-bond acceptors (Lipinski definition) is 4. The molecule has 5 nitrogen and oxygen atoms in total. The van der Waals surface area contributed by atoms with Crippen LogP contribution >= 0.6 is 0 Å². The van der Waals surface area contributed by atoms with E-state index < -0.39 is 5.97 Å². The Balaban J connectivity index is 2.12. The number of carboxylic acids is 1. The Labute approximate surface area is 116 Å². The summed E-state index contributed by atoms with van der Waals surface area (Å²) in [7, 11) is 1.55. The van der Waals surface area contributed by atoms with Gasteiger partial charge in [-0.1, -0.05) is 18.2 Å². The molecule has 0 aliphatic carbocycles. The molecular formula is C15H15NO4. The first kappa shape index (κ1) is 13.9. The maximum Gasteiger partial charge on any atom is 0.307 e. The molecule has 0 fully saturated rings. The van der Waals surface area contributed by atoms with Crippen molar-refractivity contribution >= 4 is 5.97 Å². The lowest BCUT2D eigenvalue weighted by atomic mass is 10.1. The van der Waals surface area contributed by atoms with Gasteiger partial charge in [-0.05, 0) is 18.2 Å². The summed E-state index contributed by atoms with van der Waals surface area (Å²) >= 11 is 0. The fourth-order valence-electron chi connectivity index (χ4n) is 1.83. The first-order chi connectivity index (χ1) is 9.70. The molecule has 0 bridgehead atoms. The number of nitrogens with zero attached hydrogens (tertiary/aromatic N) is 1. The number of aromatic nitrogens is 1. The van der Waals surface area contributed by atoms with E-state index in [2.05, 4.69) is 4.98 Å². The predicted octanol–water partition coefficient (Wildman–Crippen LogP) is 2.30. The number of carbonyl (C=O) groups is 1. The number of hydrogen-bond donors (Lipinski definition) is 1. The summed E-state index contributed by atoms with van der Waals surface area (Å²) in [5, 5.41) is 8.87. The van der Waals surface area contributed by atoms with Crippen molar-refractivity contribution in [2.45, 2.75) is 13.0 Å². The Kier molecular flexibility index (Phi) is 4.55. The van der Waals surface area contributed by atoms with Gasteiger partial charge in [-0.25, -0.2) is 4.98 Å². The second-order valence-corrected chi connectivity index (χ2v) is 4.14. The van der Waals surface area contributed by atoms with Gasteiger partial charge in [0.15, 0.2) is 0 Å². The third-order valence-corrected chi connectivity index (χ3v) is 2.74. The smallest absolute Gasteiger partial charge is 0.307 e. The zero-order chi connectivity index (χ0) is 14.4. The SMILES string of the molecule is COc1ncccc1COc1ccccc1CC(=O)O. The van der Waals surface area contributed by atoms with E-state index in [9.17, 15) is 4.79 Å². The van der Waals surface area contributed by atoms with Crippen molar-refractivity contribution in [2.24, 2.45) is 0 Å². The average molecular weight is 273 g/mol. The van der Waals surface area contributed by atoms with Crippen LogP contribution in [0.3, 0.4) is 0 Å². The van der Waals surface area contributed by atoms with E-state index in [4.69, 9.17) is 14.6 Å². The van der Waals surface area contributed by atoms with Crippen LogP contribution in [-0.4, -0.2) is 23.2 Å². The van der Waals surface area contributed by atoms with Gasteiger partial charge in [0.25, 0.3) is 0 Å². The predicted molar refractivity (Wildman–Crippen MR) is 72.9 cm³/mol. The maximum absolute atomic E-state index is 10.8. The second-order valence-electron chi connectivity index (χ2n) is 4.14. The van der Waals surface area contributed by atoms with E-state index in [-0.39, 0.29) is 13.0 Å². The zero-order valence-corrected chi connectivity index (χ0v) is 11.1. The summed E-state index contributed by atoms with van der Waals surface area (Å²) in [6.45, 7) is 0.271. The first-order valence-corrected chi connectivity index (χ1v) is 6.11. The van der Waals surface area contributed by atoms with Crippen molar-refractivity contribution in [1.82, 2.24) is 4.98 Å². The minimum atomic E-state index is -0.889. The van der Waals surface area contributed by atoms with E-state index >= 15 is 0 Å². The van der Waals surface area contributed by atoms with Gasteiger partial charge >= 0.3 is 5.97 Å². The second kappa shape index (κ2) is 6.56. The van der Waals surface area contributed by atoms with E-state index in [1.165, 1.54) is 0 Å². The highest BCUT2D eigenvalue weighted by Crippen LogP contribution is 2.22. The summed E-state index contributed by atoms with van der Waals surface area (Å²) in [5.74, 6) is 0.170. The van der Waals surface area contributed by atoms with Crippen LogP contribution in [-0.2, 0) is 17.8 Å². The lowest BCUT2D eigenvalue weighted by Gasteiger charge is -2.11. The molecule has 0 radical (unpaired) electrons. The molecule has 0 aliphatic rings. The van der Waals surface area contributed by atoms with Crippen molar-refractivity contribution < 1.29 is 19.4 Å². The third-order valence-electron chi connectivity index (χ3n) is 2.74. The van der Waals surface area contributed by atoms with Crippen molar-refractivity contribution in [3.05, 3.63) is 53.7 Å².